The highest BCUT2D eigenvalue weighted by molar-refractivity contribution is 5.62. The first-order valence-electron chi connectivity index (χ1n) is 5.59. The molecule has 0 aliphatic carbocycles. The minimum atomic E-state index is -0.711. The number of nitrogen functional groups attached to an aromatic ring is 1. The van der Waals surface area contributed by atoms with Crippen LogP contribution in [0, 0.1) is 10.4 Å². The van der Waals surface area contributed by atoms with Crippen LogP contribution in [0.5, 0.6) is 0 Å². The van der Waals surface area contributed by atoms with E-state index in [0.717, 1.165) is 11.4 Å². The molecule has 0 bridgehead atoms. The van der Waals surface area contributed by atoms with Gasteiger partial charge in [-0.1, -0.05) is 0 Å². The summed E-state index contributed by atoms with van der Waals surface area (Å²) < 4.78 is 0. The molecule has 0 spiro atoms. The molecule has 0 aromatic heterocycles. The van der Waals surface area contributed by atoms with Crippen molar-refractivity contribution >= 4 is 22.7 Å². The first kappa shape index (κ1) is 13.4. The van der Waals surface area contributed by atoms with Crippen molar-refractivity contribution in [1.29, 1.82) is 0 Å². The van der Waals surface area contributed by atoms with Gasteiger partial charge in [0.15, 0.2) is 5.69 Å². The van der Waals surface area contributed by atoms with Gasteiger partial charge in [0.25, 0.3) is 0 Å². The number of quaternary nitrogens is 2. The highest BCUT2D eigenvalue weighted by Crippen LogP contribution is 2.18. The molecule has 19 heavy (non-hydrogen) atoms. The van der Waals surface area contributed by atoms with E-state index in [1.165, 1.54) is 0 Å². The summed E-state index contributed by atoms with van der Waals surface area (Å²) in [4.78, 5) is 0. The van der Waals surface area contributed by atoms with Gasteiger partial charge in [0.05, 0.1) is 0 Å². The normalized spacial score (nSPS) is 13.9. The molecule has 7 nitrogen and oxygen atoms in total. The molecule has 2 rings (SSSR count). The maximum Gasteiger partial charge on any atom is 0.150 e. The van der Waals surface area contributed by atoms with Crippen LogP contribution in [-0.4, -0.2) is 0 Å². The molecule has 0 radical (unpaired) electrons. The lowest BCUT2D eigenvalue weighted by Crippen LogP contribution is -3.08. The van der Waals surface area contributed by atoms with E-state index in [2.05, 4.69) is 5.32 Å². The molecule has 2 unspecified atom stereocenters. The summed E-state index contributed by atoms with van der Waals surface area (Å²) in [5, 5.41) is 23.7. The van der Waals surface area contributed by atoms with Crippen LogP contribution in [0.2, 0.25) is 0 Å². The van der Waals surface area contributed by atoms with Crippen LogP contribution in [0.15, 0.2) is 48.5 Å². The summed E-state index contributed by atoms with van der Waals surface area (Å²) in [5.41, 5.74) is 2.38. The van der Waals surface area contributed by atoms with E-state index >= 15 is 0 Å². The Morgan fingerprint density at radius 2 is 1.26 bits per heavy atom. The average Bonchev–Trinajstić information content (AvgIpc) is 2.40. The van der Waals surface area contributed by atoms with Crippen LogP contribution in [0.4, 0.5) is 22.7 Å². The Balaban J connectivity index is 2.08. The molecule has 0 amide bonds. The molecule has 0 aliphatic heterocycles. The van der Waals surface area contributed by atoms with Gasteiger partial charge in [-0.05, 0) is 24.3 Å². The van der Waals surface area contributed by atoms with E-state index in [1.54, 1.807) is 48.5 Å². The molecule has 0 fully saturated rings. The highest BCUT2D eigenvalue weighted by Gasteiger charge is 2.00. The maximum absolute atomic E-state index is 10.9. The van der Waals surface area contributed by atoms with E-state index in [-0.39, 0.29) is 0 Å². The van der Waals surface area contributed by atoms with Gasteiger partial charge in [0.1, 0.15) is 5.69 Å². The Bertz CT molecular complexity index is 475. The molecular formula is C12H14N5O2-. The smallest absolute Gasteiger partial charge is 0.150 e. The fourth-order valence-electron chi connectivity index (χ4n) is 1.59. The molecule has 2 aromatic rings. The molecule has 2 atom stereocenters. The van der Waals surface area contributed by atoms with E-state index in [0.29, 0.717) is 11.4 Å². The molecule has 2 aromatic carbocycles. The Kier molecular flexibility index (Phi) is 4.07. The predicted octanol–water partition coefficient (Wildman–Crippen LogP) is 0.299. The Morgan fingerprint density at radius 1 is 0.842 bits per heavy atom. The molecule has 0 aliphatic rings. The van der Waals surface area contributed by atoms with Crippen LogP contribution in [0.25, 0.3) is 5.84 Å². The molecule has 0 saturated heterocycles. The number of nitrogens with two attached hydrogens (primary N) is 1. The van der Waals surface area contributed by atoms with Crippen LogP contribution in [0.3, 0.4) is 0 Å². The third kappa shape index (κ3) is 3.48. The second-order valence-electron chi connectivity index (χ2n) is 3.97. The third-order valence-corrected chi connectivity index (χ3v) is 2.61. The van der Waals surface area contributed by atoms with E-state index in [4.69, 9.17) is 11.7 Å². The monoisotopic (exact) mass is 260 g/mol. The highest BCUT2D eigenvalue weighted by atomic mass is 16.5. The second-order valence-corrected chi connectivity index (χ2v) is 3.97. The second kappa shape index (κ2) is 5.76. The zero-order chi connectivity index (χ0) is 13.8. The van der Waals surface area contributed by atoms with E-state index in [9.17, 15) is 10.4 Å². The van der Waals surface area contributed by atoms with Gasteiger partial charge in [-0.15, -0.1) is 0 Å². The number of rotatable bonds is 4. The van der Waals surface area contributed by atoms with Crippen molar-refractivity contribution in [2.75, 3.05) is 5.32 Å². The van der Waals surface area contributed by atoms with Crippen LogP contribution < -0.4 is 21.5 Å². The van der Waals surface area contributed by atoms with Crippen molar-refractivity contribution < 1.29 is 10.3 Å². The first-order chi connectivity index (χ1) is 9.06. The molecule has 7 heteroatoms. The minimum absolute atomic E-state index is 0.342. The summed E-state index contributed by atoms with van der Waals surface area (Å²) in [6, 6.07) is 13.3. The number of anilines is 2. The Morgan fingerprint density at radius 3 is 1.63 bits per heavy atom. The van der Waals surface area contributed by atoms with Gasteiger partial charge in [-0.3, -0.25) is 5.17 Å². The van der Waals surface area contributed by atoms with E-state index in [1.807, 2.05) is 0 Å². The number of hydrogen-bond donors (Lipinski definition) is 4. The first-order valence-corrected chi connectivity index (χ1v) is 5.59. The van der Waals surface area contributed by atoms with Crippen molar-refractivity contribution in [3.8, 4) is 0 Å². The number of nitrogens with one attached hydrogen (secondary N) is 4. The molecule has 0 heterocycles. The SMILES string of the molecule is [NH-][NH+]([O-])c1ccc(Nc2ccc([NH+](N)[O-])cc2)cc1. The molecule has 6 N–H and O–H groups in total. The Labute approximate surface area is 110 Å². The van der Waals surface area contributed by atoms with Crippen molar-refractivity contribution in [3.63, 3.8) is 0 Å². The van der Waals surface area contributed by atoms with Crippen LogP contribution >= 0.6 is 0 Å². The quantitative estimate of drug-likeness (QED) is 0.467. The predicted molar refractivity (Wildman–Crippen MR) is 72.7 cm³/mol. The maximum atomic E-state index is 10.9. The number of hydrogen-bond acceptors (Lipinski definition) is 4. The summed E-state index contributed by atoms with van der Waals surface area (Å²) >= 11 is 0. The number of benzene rings is 2. The Hall–Kier alpha value is -2.00. The summed E-state index contributed by atoms with van der Waals surface area (Å²) in [5.74, 6) is 12.1. The fraction of sp³-hybridized carbons (Fsp3) is 0. The lowest BCUT2D eigenvalue weighted by molar-refractivity contribution is -0.789. The van der Waals surface area contributed by atoms with E-state index < -0.39 is 10.3 Å². The van der Waals surface area contributed by atoms with Crippen molar-refractivity contribution in [2.45, 2.75) is 0 Å². The largest absolute Gasteiger partial charge is 0.639 e. The van der Waals surface area contributed by atoms with Gasteiger partial charge in [0.2, 0.25) is 0 Å². The zero-order valence-electron chi connectivity index (χ0n) is 10.0. The zero-order valence-corrected chi connectivity index (χ0v) is 10.0. The van der Waals surface area contributed by atoms with Crippen LogP contribution in [0.1, 0.15) is 0 Å². The molecule has 100 valence electrons. The van der Waals surface area contributed by atoms with Gasteiger partial charge < -0.3 is 26.7 Å². The standard InChI is InChI=1S/C12H14N5O2/c13-16(18)11-5-1-9(2-6-11)15-10-3-7-12(8-4-10)17(14)19/h1-8,13,15-17H,14H2/q-1. The summed E-state index contributed by atoms with van der Waals surface area (Å²) in [6.07, 6.45) is 0. The minimum Gasteiger partial charge on any atom is -0.639 e. The lowest BCUT2D eigenvalue weighted by Gasteiger charge is -2.23. The van der Waals surface area contributed by atoms with Gasteiger partial charge in [-0.25, -0.2) is 0 Å². The van der Waals surface area contributed by atoms with Crippen LogP contribution in [-0.2, 0) is 0 Å². The van der Waals surface area contributed by atoms with Gasteiger partial charge in [-0.2, -0.15) is 5.84 Å². The third-order valence-electron chi connectivity index (χ3n) is 2.61. The van der Waals surface area contributed by atoms with Crippen molar-refractivity contribution in [2.24, 2.45) is 5.84 Å². The topological polar surface area (TPSA) is 117 Å². The lowest BCUT2D eigenvalue weighted by atomic mass is 10.2. The van der Waals surface area contributed by atoms with Gasteiger partial charge >= 0.3 is 0 Å². The molecular weight excluding hydrogens is 246 g/mol. The summed E-state index contributed by atoms with van der Waals surface area (Å²) in [6.45, 7) is 0. The van der Waals surface area contributed by atoms with Gasteiger partial charge in [0, 0.05) is 35.6 Å². The van der Waals surface area contributed by atoms with Crippen molar-refractivity contribution in [3.05, 3.63) is 64.8 Å². The van der Waals surface area contributed by atoms with Crippen molar-refractivity contribution in [1.82, 2.24) is 0 Å². The summed E-state index contributed by atoms with van der Waals surface area (Å²) in [7, 11) is 0. The average molecular weight is 260 g/mol. The molecule has 0 saturated carbocycles. The fourth-order valence-corrected chi connectivity index (χ4v) is 1.59.